The minimum absolute atomic E-state index is 0.0715. The van der Waals surface area contributed by atoms with Crippen molar-refractivity contribution in [2.45, 2.75) is 59.8 Å². The fourth-order valence-electron chi connectivity index (χ4n) is 3.87. The molecule has 0 bridgehead atoms. The van der Waals surface area contributed by atoms with Crippen LogP contribution in [0.1, 0.15) is 48.8 Å². The average molecular weight is 432 g/mol. The Morgan fingerprint density at radius 3 is 2.62 bits per heavy atom. The molecule has 0 amide bonds. The molecule has 0 aliphatic heterocycles. The first-order chi connectivity index (χ1) is 15.2. The van der Waals surface area contributed by atoms with Crippen LogP contribution in [0.5, 0.6) is 0 Å². The summed E-state index contributed by atoms with van der Waals surface area (Å²) in [5.74, 6) is 0.755. The van der Waals surface area contributed by atoms with Crippen molar-refractivity contribution in [1.29, 1.82) is 0 Å². The molecule has 3 aromatic heterocycles. The first-order valence-corrected chi connectivity index (χ1v) is 10.7. The zero-order valence-electron chi connectivity index (χ0n) is 19.3. The van der Waals surface area contributed by atoms with Crippen molar-refractivity contribution in [3.63, 3.8) is 0 Å². The van der Waals surface area contributed by atoms with Gasteiger partial charge in [0.1, 0.15) is 0 Å². The monoisotopic (exact) mass is 431 g/mol. The minimum atomic E-state index is -0.241. The zero-order valence-corrected chi connectivity index (χ0v) is 19.3. The van der Waals surface area contributed by atoms with E-state index in [2.05, 4.69) is 70.2 Å². The first kappa shape index (κ1) is 21.8. The molecule has 0 fully saturated rings. The Hall–Kier alpha value is -3.39. The largest absolute Gasteiger partial charge is 0.321 e. The second-order valence-corrected chi connectivity index (χ2v) is 9.28. The fraction of sp³-hybridized carbons (Fsp3) is 0.375. The summed E-state index contributed by atoms with van der Waals surface area (Å²) in [4.78, 5) is 22.5. The molecule has 0 spiro atoms. The number of hydrogen-bond donors (Lipinski definition) is 1. The number of nitrogens with zero attached hydrogens (tertiary/aromatic N) is 6. The van der Waals surface area contributed by atoms with Crippen LogP contribution in [0.15, 0.2) is 47.5 Å². The molecule has 8 nitrogen and oxygen atoms in total. The number of pyridine rings is 2. The van der Waals surface area contributed by atoms with Crippen LogP contribution in [0.2, 0.25) is 0 Å². The number of fused-ring (bicyclic) bond motifs is 1. The molecule has 0 unspecified atom stereocenters. The third-order valence-corrected chi connectivity index (χ3v) is 5.69. The number of tetrazole rings is 1. The van der Waals surface area contributed by atoms with Crippen LogP contribution in [-0.4, -0.2) is 35.1 Å². The SMILES string of the molecule is Cc1ccc2cc(CN(Cc3cccnc3)Cc3nnnn3C(C)(C)C)c(=O)[nH]c2c1C. The van der Waals surface area contributed by atoms with Gasteiger partial charge in [0.05, 0.1) is 17.6 Å². The molecule has 8 heteroatoms. The maximum absolute atomic E-state index is 13.0. The summed E-state index contributed by atoms with van der Waals surface area (Å²) in [6, 6.07) is 10.1. The van der Waals surface area contributed by atoms with Crippen LogP contribution >= 0.6 is 0 Å². The Balaban J connectivity index is 1.69. The van der Waals surface area contributed by atoms with E-state index >= 15 is 0 Å². The van der Waals surface area contributed by atoms with Crippen molar-refractivity contribution in [2.75, 3.05) is 0 Å². The number of aromatic amines is 1. The summed E-state index contributed by atoms with van der Waals surface area (Å²) in [7, 11) is 0. The molecule has 0 aliphatic carbocycles. The lowest BCUT2D eigenvalue weighted by atomic mass is 10.0. The van der Waals surface area contributed by atoms with E-state index in [9.17, 15) is 4.79 Å². The number of benzene rings is 1. The lowest BCUT2D eigenvalue weighted by molar-refractivity contribution is 0.223. The van der Waals surface area contributed by atoms with E-state index in [1.807, 2.05) is 36.0 Å². The Labute approximate surface area is 187 Å². The molecular formula is C24H29N7O. The summed E-state index contributed by atoms with van der Waals surface area (Å²) in [6.07, 6.45) is 3.60. The topological polar surface area (TPSA) is 92.6 Å². The molecule has 0 saturated carbocycles. The summed E-state index contributed by atoms with van der Waals surface area (Å²) in [5.41, 5.74) is 4.61. The maximum Gasteiger partial charge on any atom is 0.252 e. The van der Waals surface area contributed by atoms with Gasteiger partial charge in [-0.1, -0.05) is 18.2 Å². The number of nitrogens with one attached hydrogen (secondary N) is 1. The summed E-state index contributed by atoms with van der Waals surface area (Å²) < 4.78 is 1.83. The van der Waals surface area contributed by atoms with E-state index in [1.165, 1.54) is 0 Å². The van der Waals surface area contributed by atoms with Gasteiger partial charge < -0.3 is 4.98 Å². The van der Waals surface area contributed by atoms with E-state index in [-0.39, 0.29) is 11.1 Å². The van der Waals surface area contributed by atoms with Gasteiger partial charge in [-0.05, 0) is 79.3 Å². The molecule has 4 aromatic rings. The Kier molecular flexibility index (Phi) is 5.88. The van der Waals surface area contributed by atoms with Crippen molar-refractivity contribution < 1.29 is 0 Å². The van der Waals surface area contributed by atoms with Gasteiger partial charge in [-0.3, -0.25) is 14.7 Å². The summed E-state index contributed by atoms with van der Waals surface area (Å²) in [6.45, 7) is 11.9. The third-order valence-electron chi connectivity index (χ3n) is 5.69. The van der Waals surface area contributed by atoms with Crippen molar-refractivity contribution >= 4 is 10.9 Å². The third kappa shape index (κ3) is 4.60. The Morgan fingerprint density at radius 2 is 1.91 bits per heavy atom. The Bertz CT molecular complexity index is 1290. The fourth-order valence-corrected chi connectivity index (χ4v) is 3.87. The maximum atomic E-state index is 13.0. The molecular weight excluding hydrogens is 402 g/mol. The second-order valence-electron chi connectivity index (χ2n) is 9.28. The number of rotatable bonds is 6. The molecule has 0 atom stereocenters. The van der Waals surface area contributed by atoms with Crippen LogP contribution in [-0.2, 0) is 25.2 Å². The second kappa shape index (κ2) is 8.63. The molecule has 0 saturated heterocycles. The molecule has 0 aliphatic rings. The van der Waals surface area contributed by atoms with E-state index in [0.717, 1.165) is 33.4 Å². The highest BCUT2D eigenvalue weighted by Gasteiger charge is 2.22. The number of aromatic nitrogens is 6. The van der Waals surface area contributed by atoms with Crippen LogP contribution < -0.4 is 5.56 Å². The minimum Gasteiger partial charge on any atom is -0.321 e. The van der Waals surface area contributed by atoms with Crippen molar-refractivity contribution in [3.8, 4) is 0 Å². The lowest BCUT2D eigenvalue weighted by Crippen LogP contribution is -2.31. The predicted molar refractivity (Wildman–Crippen MR) is 124 cm³/mol. The van der Waals surface area contributed by atoms with Crippen LogP contribution in [0.3, 0.4) is 0 Å². The number of H-pyrrole nitrogens is 1. The van der Waals surface area contributed by atoms with Crippen molar-refractivity contribution in [1.82, 2.24) is 35.1 Å². The number of aryl methyl sites for hydroxylation is 2. The molecule has 32 heavy (non-hydrogen) atoms. The van der Waals surface area contributed by atoms with Gasteiger partial charge in [0, 0.05) is 31.0 Å². The van der Waals surface area contributed by atoms with E-state index < -0.39 is 0 Å². The first-order valence-electron chi connectivity index (χ1n) is 10.7. The van der Waals surface area contributed by atoms with E-state index in [1.54, 1.807) is 6.20 Å². The lowest BCUT2D eigenvalue weighted by Gasteiger charge is -2.25. The summed E-state index contributed by atoms with van der Waals surface area (Å²) >= 11 is 0. The zero-order chi connectivity index (χ0) is 22.9. The van der Waals surface area contributed by atoms with Crippen molar-refractivity contribution in [3.05, 3.63) is 81.2 Å². The van der Waals surface area contributed by atoms with Gasteiger partial charge in [-0.2, -0.15) is 0 Å². The normalized spacial score (nSPS) is 12.1. The highest BCUT2D eigenvalue weighted by Crippen LogP contribution is 2.21. The molecule has 0 radical (unpaired) electrons. The van der Waals surface area contributed by atoms with Gasteiger partial charge in [-0.15, -0.1) is 5.10 Å². The van der Waals surface area contributed by atoms with Crippen LogP contribution in [0.4, 0.5) is 0 Å². The van der Waals surface area contributed by atoms with Crippen LogP contribution in [0, 0.1) is 13.8 Å². The average Bonchev–Trinajstić information content (AvgIpc) is 3.21. The standard InChI is InChI=1S/C24H29N7O/c1-16-8-9-19-11-20(23(32)26-22(19)17(16)2)14-30(13-18-7-6-10-25-12-18)15-21-27-28-29-31(21)24(3,4)5/h6-12H,13-15H2,1-5H3,(H,26,32). The predicted octanol–water partition coefficient (Wildman–Crippen LogP) is 3.48. The smallest absolute Gasteiger partial charge is 0.252 e. The van der Waals surface area contributed by atoms with Gasteiger partial charge in [-0.25, -0.2) is 4.68 Å². The van der Waals surface area contributed by atoms with E-state index in [0.29, 0.717) is 25.2 Å². The van der Waals surface area contributed by atoms with Gasteiger partial charge >= 0.3 is 0 Å². The van der Waals surface area contributed by atoms with Crippen molar-refractivity contribution in [2.24, 2.45) is 0 Å². The molecule has 166 valence electrons. The highest BCUT2D eigenvalue weighted by molar-refractivity contribution is 5.83. The van der Waals surface area contributed by atoms with Gasteiger partial charge in [0.15, 0.2) is 5.82 Å². The molecule has 1 aromatic carbocycles. The van der Waals surface area contributed by atoms with Gasteiger partial charge in [0.2, 0.25) is 0 Å². The quantitative estimate of drug-likeness (QED) is 0.502. The molecule has 3 heterocycles. The van der Waals surface area contributed by atoms with E-state index in [4.69, 9.17) is 0 Å². The Morgan fingerprint density at radius 1 is 1.09 bits per heavy atom. The van der Waals surface area contributed by atoms with Gasteiger partial charge in [0.25, 0.3) is 5.56 Å². The molecule has 4 rings (SSSR count). The van der Waals surface area contributed by atoms with Crippen LogP contribution in [0.25, 0.3) is 10.9 Å². The number of hydrogen-bond acceptors (Lipinski definition) is 6. The molecule has 1 N–H and O–H groups in total. The highest BCUT2D eigenvalue weighted by atomic mass is 16.1. The summed E-state index contributed by atoms with van der Waals surface area (Å²) in [5, 5.41) is 13.4.